The topological polar surface area (TPSA) is 42.4 Å². The van der Waals surface area contributed by atoms with E-state index in [1.54, 1.807) is 0 Å². The molecule has 4 heteroatoms. The van der Waals surface area contributed by atoms with Crippen molar-refractivity contribution in [1.29, 1.82) is 0 Å². The van der Waals surface area contributed by atoms with Gasteiger partial charge in [-0.15, -0.1) is 0 Å². The molecule has 2 aliphatic heterocycles. The third-order valence-corrected chi connectivity index (χ3v) is 4.09. The summed E-state index contributed by atoms with van der Waals surface area (Å²) in [6.45, 7) is 7.05. The van der Waals surface area contributed by atoms with Crippen molar-refractivity contribution >= 4 is 11.6 Å². The lowest BCUT2D eigenvalue weighted by molar-refractivity contribution is -0.114. The Bertz CT molecular complexity index is 607. The number of hydrogen-bond donors (Lipinski definition) is 0. The molecule has 0 N–H and O–H groups in total. The number of pyridine rings is 1. The van der Waals surface area contributed by atoms with Gasteiger partial charge in [-0.1, -0.05) is 18.2 Å². The average Bonchev–Trinajstić information content (AvgIpc) is 2.65. The molecule has 3 heterocycles. The Morgan fingerprint density at radius 1 is 1.62 bits per heavy atom. The van der Waals surface area contributed by atoms with Gasteiger partial charge in [-0.2, -0.15) is 0 Å². The number of rotatable bonds is 3. The molecule has 2 aliphatic rings. The van der Waals surface area contributed by atoms with Crippen LogP contribution < -0.4 is 9.64 Å². The summed E-state index contributed by atoms with van der Waals surface area (Å²) in [5, 5.41) is 0. The number of carbonyl (C=O) groups excluding carboxylic acids is 1. The zero-order chi connectivity index (χ0) is 14.8. The number of fused-ring (bicyclic) bond motifs is 3. The van der Waals surface area contributed by atoms with E-state index in [1.165, 1.54) is 11.6 Å². The summed E-state index contributed by atoms with van der Waals surface area (Å²) in [6, 6.07) is 2.41. The predicted molar refractivity (Wildman–Crippen MR) is 82.7 cm³/mol. The standard InChI is InChI=1S/C17H20N2O2/c1-3-15(20)10-13-4-6-19-14(9-13)5-7-21-16-8-12(2)11-18-17(16)19/h3-4,8,11,14H,1,5-7,9-10H2,2H3/t14-/m0/s1. The largest absolute Gasteiger partial charge is 0.490 e. The van der Waals surface area contributed by atoms with E-state index >= 15 is 0 Å². The predicted octanol–water partition coefficient (Wildman–Crippen LogP) is 2.82. The molecule has 21 heavy (non-hydrogen) atoms. The smallest absolute Gasteiger partial charge is 0.171 e. The second kappa shape index (κ2) is 5.72. The molecule has 0 unspecified atom stereocenters. The molecule has 0 radical (unpaired) electrons. The minimum Gasteiger partial charge on any atom is -0.490 e. The van der Waals surface area contributed by atoms with Gasteiger partial charge in [-0.3, -0.25) is 4.79 Å². The summed E-state index contributed by atoms with van der Waals surface area (Å²) in [7, 11) is 0. The number of ether oxygens (including phenoxy) is 1. The normalized spacial score (nSPS) is 20.5. The fourth-order valence-corrected chi connectivity index (χ4v) is 2.99. The van der Waals surface area contributed by atoms with Crippen LogP contribution in [0, 0.1) is 6.92 Å². The lowest BCUT2D eigenvalue weighted by Gasteiger charge is -2.34. The zero-order valence-electron chi connectivity index (χ0n) is 12.3. The quantitative estimate of drug-likeness (QED) is 0.632. The Morgan fingerprint density at radius 2 is 2.48 bits per heavy atom. The van der Waals surface area contributed by atoms with E-state index in [-0.39, 0.29) is 5.78 Å². The first kappa shape index (κ1) is 13.9. The van der Waals surface area contributed by atoms with E-state index in [0.717, 1.165) is 36.5 Å². The second-order valence-corrected chi connectivity index (χ2v) is 5.69. The molecule has 0 bridgehead atoms. The first-order valence-corrected chi connectivity index (χ1v) is 7.36. The maximum Gasteiger partial charge on any atom is 0.171 e. The van der Waals surface area contributed by atoms with Crippen molar-refractivity contribution in [3.63, 3.8) is 0 Å². The number of hydrogen-bond acceptors (Lipinski definition) is 4. The van der Waals surface area contributed by atoms with Crippen LogP contribution in [-0.2, 0) is 4.79 Å². The molecule has 0 aliphatic carbocycles. The van der Waals surface area contributed by atoms with Crippen molar-refractivity contribution in [2.45, 2.75) is 32.2 Å². The van der Waals surface area contributed by atoms with Gasteiger partial charge in [0.2, 0.25) is 0 Å². The van der Waals surface area contributed by atoms with Gasteiger partial charge in [0.15, 0.2) is 17.4 Å². The van der Waals surface area contributed by atoms with Crippen molar-refractivity contribution in [3.8, 4) is 5.75 Å². The Hall–Kier alpha value is -2.10. The first-order chi connectivity index (χ1) is 10.2. The summed E-state index contributed by atoms with van der Waals surface area (Å²) in [5.74, 6) is 1.89. The van der Waals surface area contributed by atoms with Crippen LogP contribution in [0.1, 0.15) is 24.8 Å². The van der Waals surface area contributed by atoms with Crippen LogP contribution in [0.3, 0.4) is 0 Å². The minimum atomic E-state index is 0.0914. The Kier molecular flexibility index (Phi) is 3.78. The van der Waals surface area contributed by atoms with Crippen molar-refractivity contribution < 1.29 is 9.53 Å². The van der Waals surface area contributed by atoms with E-state index in [4.69, 9.17) is 4.74 Å². The van der Waals surface area contributed by atoms with Crippen molar-refractivity contribution in [3.05, 3.63) is 42.1 Å². The Morgan fingerprint density at radius 3 is 3.29 bits per heavy atom. The molecule has 0 saturated heterocycles. The van der Waals surface area contributed by atoms with Crippen LogP contribution in [0.4, 0.5) is 5.82 Å². The van der Waals surface area contributed by atoms with Crippen molar-refractivity contribution in [2.24, 2.45) is 0 Å². The molecule has 0 aromatic carbocycles. The molecule has 3 rings (SSSR count). The van der Waals surface area contributed by atoms with E-state index in [9.17, 15) is 4.79 Å². The van der Waals surface area contributed by atoms with E-state index in [1.807, 2.05) is 19.2 Å². The van der Waals surface area contributed by atoms with Gasteiger partial charge in [0, 0.05) is 31.6 Å². The lowest BCUT2D eigenvalue weighted by Crippen LogP contribution is -2.39. The van der Waals surface area contributed by atoms with Crippen molar-refractivity contribution in [1.82, 2.24) is 4.98 Å². The van der Waals surface area contributed by atoms with Gasteiger partial charge in [0.1, 0.15) is 0 Å². The molecule has 0 saturated carbocycles. The molecule has 0 amide bonds. The van der Waals surface area contributed by atoms with Gasteiger partial charge < -0.3 is 9.64 Å². The van der Waals surface area contributed by atoms with Crippen LogP contribution in [-0.4, -0.2) is 30.0 Å². The van der Waals surface area contributed by atoms with Crippen LogP contribution in [0.5, 0.6) is 5.75 Å². The van der Waals surface area contributed by atoms with Gasteiger partial charge >= 0.3 is 0 Å². The lowest BCUT2D eigenvalue weighted by atomic mass is 9.94. The van der Waals surface area contributed by atoms with Gasteiger partial charge in [0.05, 0.1) is 6.61 Å². The Balaban J connectivity index is 1.85. The molecule has 1 aromatic heterocycles. The second-order valence-electron chi connectivity index (χ2n) is 5.69. The number of aromatic nitrogens is 1. The summed E-state index contributed by atoms with van der Waals surface area (Å²) in [4.78, 5) is 18.4. The van der Waals surface area contributed by atoms with Gasteiger partial charge in [0.25, 0.3) is 0 Å². The molecule has 0 spiro atoms. The van der Waals surface area contributed by atoms with E-state index < -0.39 is 0 Å². The minimum absolute atomic E-state index is 0.0914. The van der Waals surface area contributed by atoms with Gasteiger partial charge in [-0.25, -0.2) is 4.98 Å². The maximum absolute atomic E-state index is 11.5. The number of carbonyl (C=O) groups is 1. The Labute approximate surface area is 125 Å². The summed E-state index contributed by atoms with van der Waals surface area (Å²) >= 11 is 0. The number of allylic oxidation sites excluding steroid dienone is 1. The summed E-state index contributed by atoms with van der Waals surface area (Å²) in [5.41, 5.74) is 2.31. The van der Waals surface area contributed by atoms with E-state index in [2.05, 4.69) is 22.5 Å². The zero-order valence-corrected chi connectivity index (χ0v) is 12.3. The first-order valence-electron chi connectivity index (χ1n) is 7.36. The highest BCUT2D eigenvalue weighted by atomic mass is 16.5. The number of aryl methyl sites for hydroxylation is 1. The number of nitrogens with zero attached hydrogens (tertiary/aromatic N) is 2. The van der Waals surface area contributed by atoms with E-state index in [0.29, 0.717) is 19.1 Å². The van der Waals surface area contributed by atoms with Crippen LogP contribution in [0.2, 0.25) is 0 Å². The van der Waals surface area contributed by atoms with Crippen LogP contribution in [0.15, 0.2) is 36.6 Å². The highest BCUT2D eigenvalue weighted by Gasteiger charge is 2.29. The monoisotopic (exact) mass is 284 g/mol. The highest BCUT2D eigenvalue weighted by molar-refractivity contribution is 5.90. The van der Waals surface area contributed by atoms with Crippen LogP contribution in [0.25, 0.3) is 0 Å². The fourth-order valence-electron chi connectivity index (χ4n) is 2.99. The molecule has 4 nitrogen and oxygen atoms in total. The molecule has 1 aromatic rings. The third kappa shape index (κ3) is 2.84. The highest BCUT2D eigenvalue weighted by Crippen LogP contribution is 2.35. The number of anilines is 1. The van der Waals surface area contributed by atoms with Crippen LogP contribution >= 0.6 is 0 Å². The average molecular weight is 284 g/mol. The van der Waals surface area contributed by atoms with Crippen molar-refractivity contribution in [2.75, 3.05) is 18.1 Å². The molecule has 110 valence electrons. The molecule has 0 fully saturated rings. The third-order valence-electron chi connectivity index (χ3n) is 4.09. The number of ketones is 1. The molecular formula is C17H20N2O2. The maximum atomic E-state index is 11.5. The molecular weight excluding hydrogens is 264 g/mol. The SMILES string of the molecule is C=CC(=O)CC1=CCN2c3ncc(C)cc3OCC[C@H]2C1. The summed E-state index contributed by atoms with van der Waals surface area (Å²) in [6.07, 6.45) is 7.78. The molecule has 1 atom stereocenters. The van der Waals surface area contributed by atoms with Gasteiger partial charge in [-0.05, 0) is 31.1 Å². The summed E-state index contributed by atoms with van der Waals surface area (Å²) < 4.78 is 5.85. The fraction of sp³-hybridized carbons (Fsp3) is 0.412.